The Labute approximate surface area is 84.3 Å². The number of aryl methyl sites for hydroxylation is 1. The van der Waals surface area contributed by atoms with E-state index in [-0.39, 0.29) is 5.60 Å². The second-order valence-corrected chi connectivity index (χ2v) is 4.12. The predicted molar refractivity (Wildman–Crippen MR) is 55.3 cm³/mol. The molecule has 0 amide bonds. The first kappa shape index (κ1) is 9.52. The molecule has 4 nitrogen and oxygen atoms in total. The lowest BCUT2D eigenvalue weighted by atomic mass is 10.0. The van der Waals surface area contributed by atoms with E-state index in [1.165, 1.54) is 6.42 Å². The van der Waals surface area contributed by atoms with Gasteiger partial charge in [0.05, 0.1) is 5.60 Å². The average Bonchev–Trinajstić information content (AvgIpc) is 2.73. The van der Waals surface area contributed by atoms with E-state index in [9.17, 15) is 0 Å². The second kappa shape index (κ2) is 3.61. The molecule has 1 aliphatic rings. The van der Waals surface area contributed by atoms with Gasteiger partial charge in [0.2, 0.25) is 5.95 Å². The Bertz CT molecular complexity index is 302. The van der Waals surface area contributed by atoms with Crippen molar-refractivity contribution >= 4 is 5.95 Å². The highest BCUT2D eigenvalue weighted by atomic mass is 16.5. The number of hydrogen-bond donors (Lipinski definition) is 1. The molecule has 0 aliphatic carbocycles. The van der Waals surface area contributed by atoms with Gasteiger partial charge in [0.1, 0.15) is 0 Å². The molecule has 1 aromatic heterocycles. The van der Waals surface area contributed by atoms with Crippen molar-refractivity contribution in [3.63, 3.8) is 0 Å². The lowest BCUT2D eigenvalue weighted by Gasteiger charge is -2.23. The molecule has 0 radical (unpaired) electrons. The molecular weight excluding hydrogens is 178 g/mol. The SMILES string of the molecule is Cn1ccnc1NCC1(C)CCCO1. The van der Waals surface area contributed by atoms with Crippen LogP contribution < -0.4 is 5.32 Å². The molecule has 1 saturated heterocycles. The van der Waals surface area contributed by atoms with Crippen molar-refractivity contribution in [2.45, 2.75) is 25.4 Å². The van der Waals surface area contributed by atoms with Crippen LogP contribution in [0.25, 0.3) is 0 Å². The van der Waals surface area contributed by atoms with Crippen molar-refractivity contribution in [1.82, 2.24) is 9.55 Å². The third-order valence-electron chi connectivity index (χ3n) is 2.74. The minimum Gasteiger partial charge on any atom is -0.373 e. The standard InChI is InChI=1S/C10H17N3O/c1-10(4-3-7-14-10)8-12-9-11-5-6-13(9)2/h5-6H,3-4,7-8H2,1-2H3,(H,11,12). The number of rotatable bonds is 3. The van der Waals surface area contributed by atoms with Gasteiger partial charge in [0.15, 0.2) is 0 Å². The Morgan fingerprint density at radius 1 is 1.71 bits per heavy atom. The number of hydrogen-bond acceptors (Lipinski definition) is 3. The molecule has 0 bridgehead atoms. The summed E-state index contributed by atoms with van der Waals surface area (Å²) in [4.78, 5) is 4.20. The van der Waals surface area contributed by atoms with Crippen LogP contribution in [0, 0.1) is 0 Å². The van der Waals surface area contributed by atoms with E-state index < -0.39 is 0 Å². The predicted octanol–water partition coefficient (Wildman–Crippen LogP) is 1.40. The summed E-state index contributed by atoms with van der Waals surface area (Å²) >= 11 is 0. The maximum absolute atomic E-state index is 5.68. The van der Waals surface area contributed by atoms with Crippen molar-refractivity contribution in [3.05, 3.63) is 12.4 Å². The molecule has 1 fully saturated rings. The van der Waals surface area contributed by atoms with E-state index in [0.29, 0.717) is 0 Å². The van der Waals surface area contributed by atoms with Gasteiger partial charge in [0.25, 0.3) is 0 Å². The maximum Gasteiger partial charge on any atom is 0.202 e. The summed E-state index contributed by atoms with van der Waals surface area (Å²) in [6.07, 6.45) is 6.02. The molecule has 4 heteroatoms. The summed E-state index contributed by atoms with van der Waals surface area (Å²) in [6, 6.07) is 0. The minimum absolute atomic E-state index is 0.00799. The highest BCUT2D eigenvalue weighted by Crippen LogP contribution is 2.24. The van der Waals surface area contributed by atoms with Crippen LogP contribution >= 0.6 is 0 Å². The van der Waals surface area contributed by atoms with Crippen LogP contribution in [-0.2, 0) is 11.8 Å². The normalized spacial score (nSPS) is 26.7. The van der Waals surface area contributed by atoms with E-state index in [4.69, 9.17) is 4.74 Å². The molecule has 14 heavy (non-hydrogen) atoms. The van der Waals surface area contributed by atoms with Crippen molar-refractivity contribution in [2.75, 3.05) is 18.5 Å². The van der Waals surface area contributed by atoms with Gasteiger partial charge in [-0.25, -0.2) is 4.98 Å². The highest BCUT2D eigenvalue weighted by molar-refractivity contribution is 5.26. The first-order valence-electron chi connectivity index (χ1n) is 5.05. The van der Waals surface area contributed by atoms with Crippen LogP contribution in [0.5, 0.6) is 0 Å². The Hall–Kier alpha value is -1.03. The number of nitrogens with one attached hydrogen (secondary N) is 1. The lowest BCUT2D eigenvalue weighted by Crippen LogP contribution is -2.33. The quantitative estimate of drug-likeness (QED) is 0.792. The van der Waals surface area contributed by atoms with Gasteiger partial charge in [-0.3, -0.25) is 0 Å². The van der Waals surface area contributed by atoms with Crippen LogP contribution in [0.4, 0.5) is 5.95 Å². The van der Waals surface area contributed by atoms with Crippen molar-refractivity contribution < 1.29 is 4.74 Å². The van der Waals surface area contributed by atoms with Gasteiger partial charge in [0, 0.05) is 32.6 Å². The number of nitrogens with zero attached hydrogens (tertiary/aromatic N) is 2. The average molecular weight is 195 g/mol. The van der Waals surface area contributed by atoms with Crippen molar-refractivity contribution in [1.29, 1.82) is 0 Å². The Kier molecular flexibility index (Phi) is 2.46. The van der Waals surface area contributed by atoms with Crippen molar-refractivity contribution in [3.8, 4) is 0 Å². The molecule has 0 spiro atoms. The first-order valence-corrected chi connectivity index (χ1v) is 5.05. The van der Waals surface area contributed by atoms with Crippen LogP contribution in [0.3, 0.4) is 0 Å². The first-order chi connectivity index (χ1) is 6.70. The van der Waals surface area contributed by atoms with Gasteiger partial charge < -0.3 is 14.6 Å². The fourth-order valence-electron chi connectivity index (χ4n) is 1.78. The summed E-state index contributed by atoms with van der Waals surface area (Å²) < 4.78 is 7.65. The minimum atomic E-state index is -0.00799. The zero-order chi connectivity index (χ0) is 10.0. The van der Waals surface area contributed by atoms with E-state index in [1.807, 2.05) is 17.8 Å². The monoisotopic (exact) mass is 195 g/mol. The molecule has 1 aromatic rings. The van der Waals surface area contributed by atoms with Crippen LogP contribution in [-0.4, -0.2) is 28.3 Å². The largest absolute Gasteiger partial charge is 0.373 e. The Morgan fingerprint density at radius 3 is 3.14 bits per heavy atom. The van der Waals surface area contributed by atoms with Crippen LogP contribution in [0.2, 0.25) is 0 Å². The maximum atomic E-state index is 5.68. The molecule has 1 unspecified atom stereocenters. The molecule has 2 heterocycles. The molecule has 0 aromatic carbocycles. The van der Waals surface area contributed by atoms with Gasteiger partial charge >= 0.3 is 0 Å². The fourth-order valence-corrected chi connectivity index (χ4v) is 1.78. The van der Waals surface area contributed by atoms with Gasteiger partial charge in [-0.05, 0) is 19.8 Å². The van der Waals surface area contributed by atoms with Gasteiger partial charge in [-0.2, -0.15) is 0 Å². The smallest absolute Gasteiger partial charge is 0.202 e. The topological polar surface area (TPSA) is 39.1 Å². The van der Waals surface area contributed by atoms with E-state index in [1.54, 1.807) is 6.20 Å². The molecule has 0 saturated carbocycles. The second-order valence-electron chi connectivity index (χ2n) is 4.12. The van der Waals surface area contributed by atoms with E-state index in [2.05, 4.69) is 17.2 Å². The third-order valence-corrected chi connectivity index (χ3v) is 2.74. The zero-order valence-corrected chi connectivity index (χ0v) is 8.79. The highest BCUT2D eigenvalue weighted by Gasteiger charge is 2.29. The van der Waals surface area contributed by atoms with Crippen LogP contribution in [0.15, 0.2) is 12.4 Å². The summed E-state index contributed by atoms with van der Waals surface area (Å²) in [5.74, 6) is 0.904. The lowest BCUT2D eigenvalue weighted by molar-refractivity contribution is 0.0314. The van der Waals surface area contributed by atoms with Crippen molar-refractivity contribution in [2.24, 2.45) is 7.05 Å². The van der Waals surface area contributed by atoms with Gasteiger partial charge in [-0.1, -0.05) is 0 Å². The number of imidazole rings is 1. The molecule has 1 N–H and O–H groups in total. The van der Waals surface area contributed by atoms with Crippen LogP contribution in [0.1, 0.15) is 19.8 Å². The number of aromatic nitrogens is 2. The van der Waals surface area contributed by atoms with E-state index >= 15 is 0 Å². The molecule has 1 atom stereocenters. The zero-order valence-electron chi connectivity index (χ0n) is 8.79. The summed E-state index contributed by atoms with van der Waals surface area (Å²) in [5.41, 5.74) is -0.00799. The molecule has 78 valence electrons. The summed E-state index contributed by atoms with van der Waals surface area (Å²) in [5, 5.41) is 3.30. The summed E-state index contributed by atoms with van der Waals surface area (Å²) in [7, 11) is 1.98. The third kappa shape index (κ3) is 1.90. The Balaban J connectivity index is 1.91. The molecule has 2 rings (SSSR count). The fraction of sp³-hybridized carbons (Fsp3) is 0.700. The Morgan fingerprint density at radius 2 is 2.57 bits per heavy atom. The number of ether oxygens (including phenoxy) is 1. The molecular formula is C10H17N3O. The summed E-state index contributed by atoms with van der Waals surface area (Å²) in [6.45, 7) is 3.87. The van der Waals surface area contributed by atoms with Gasteiger partial charge in [-0.15, -0.1) is 0 Å². The van der Waals surface area contributed by atoms with E-state index in [0.717, 1.165) is 25.5 Å². The molecule has 1 aliphatic heterocycles. The number of anilines is 1.